The van der Waals surface area contributed by atoms with Crippen molar-refractivity contribution in [2.75, 3.05) is 13.2 Å². The van der Waals surface area contributed by atoms with E-state index in [1.54, 1.807) is 0 Å². The molecule has 0 saturated carbocycles. The Kier molecular flexibility index (Phi) is 17.0. The average molecular weight is 158 g/mol. The molecule has 2 nitrogen and oxygen atoms in total. The molecule has 0 spiro atoms. The van der Waals surface area contributed by atoms with E-state index in [1.807, 2.05) is 0 Å². The van der Waals surface area contributed by atoms with Gasteiger partial charge in [-0.05, 0) is 12.8 Å². The Hall–Kier alpha value is 1.18. The first-order valence-electron chi connectivity index (χ1n) is 3.13. The van der Waals surface area contributed by atoms with Gasteiger partial charge in [0.2, 0.25) is 0 Å². The van der Waals surface area contributed by atoms with Crippen LogP contribution in [0.2, 0.25) is 0 Å². The third kappa shape index (κ3) is 12.4. The molecule has 0 aliphatic rings. The van der Waals surface area contributed by atoms with Gasteiger partial charge in [-0.1, -0.05) is 12.8 Å². The molecule has 0 bridgehead atoms. The zero-order valence-corrected chi connectivity index (χ0v) is 8.05. The van der Waals surface area contributed by atoms with Gasteiger partial charge in [-0.3, -0.25) is 0 Å². The first kappa shape index (κ1) is 12.8. The maximum Gasteiger partial charge on any atom is 0.0431 e. The van der Waals surface area contributed by atoms with E-state index in [-0.39, 0.29) is 51.0 Å². The monoisotopic (exact) mass is 158 g/mol. The second-order valence-electron chi connectivity index (χ2n) is 1.86. The van der Waals surface area contributed by atoms with Gasteiger partial charge in [0.1, 0.15) is 0 Å². The Balaban J connectivity index is 0. The largest absolute Gasteiger partial charge is 0.396 e. The third-order valence-electron chi connectivity index (χ3n) is 1.07. The standard InChI is InChI=1S/C6H14O2.Ca/c7-5-3-1-2-4-6-8;/h7-8H,1-6H2;. The molecule has 0 fully saturated rings. The Morgan fingerprint density at radius 3 is 1.22 bits per heavy atom. The van der Waals surface area contributed by atoms with E-state index in [0.717, 1.165) is 25.7 Å². The maximum absolute atomic E-state index is 8.30. The van der Waals surface area contributed by atoms with Crippen molar-refractivity contribution in [3.05, 3.63) is 0 Å². The second kappa shape index (κ2) is 11.9. The number of hydrogen-bond donors (Lipinski definition) is 2. The molecular weight excluding hydrogens is 144 g/mol. The Labute approximate surface area is 86.3 Å². The fraction of sp³-hybridized carbons (Fsp3) is 1.00. The molecule has 2 N–H and O–H groups in total. The van der Waals surface area contributed by atoms with Crippen LogP contribution in [0, 0.1) is 0 Å². The zero-order chi connectivity index (χ0) is 6.24. The van der Waals surface area contributed by atoms with Crippen LogP contribution in [0.4, 0.5) is 0 Å². The summed E-state index contributed by atoms with van der Waals surface area (Å²) < 4.78 is 0. The third-order valence-corrected chi connectivity index (χ3v) is 1.07. The summed E-state index contributed by atoms with van der Waals surface area (Å²) in [5.41, 5.74) is 0. The summed E-state index contributed by atoms with van der Waals surface area (Å²) in [4.78, 5) is 0. The zero-order valence-electron chi connectivity index (χ0n) is 5.84. The number of hydrogen-bond acceptors (Lipinski definition) is 2. The van der Waals surface area contributed by atoms with E-state index in [2.05, 4.69) is 0 Å². The van der Waals surface area contributed by atoms with Crippen LogP contribution in [0.25, 0.3) is 0 Å². The van der Waals surface area contributed by atoms with Gasteiger partial charge >= 0.3 is 0 Å². The molecule has 52 valence electrons. The van der Waals surface area contributed by atoms with Crippen LogP contribution in [-0.2, 0) is 0 Å². The maximum atomic E-state index is 8.30. The minimum absolute atomic E-state index is 0. The Morgan fingerprint density at radius 2 is 1.00 bits per heavy atom. The van der Waals surface area contributed by atoms with Crippen molar-refractivity contribution < 1.29 is 10.2 Å². The van der Waals surface area contributed by atoms with Gasteiger partial charge in [0.25, 0.3) is 0 Å². The molecule has 0 saturated heterocycles. The van der Waals surface area contributed by atoms with E-state index < -0.39 is 0 Å². The van der Waals surface area contributed by atoms with E-state index in [1.165, 1.54) is 0 Å². The van der Waals surface area contributed by atoms with Crippen LogP contribution < -0.4 is 0 Å². The molecule has 0 unspecified atom stereocenters. The molecule has 0 rings (SSSR count). The van der Waals surface area contributed by atoms with Crippen LogP contribution in [0.3, 0.4) is 0 Å². The fourth-order valence-corrected chi connectivity index (χ4v) is 0.577. The fourth-order valence-electron chi connectivity index (χ4n) is 0.577. The number of aliphatic hydroxyl groups excluding tert-OH is 2. The van der Waals surface area contributed by atoms with Crippen LogP contribution >= 0.6 is 0 Å². The summed E-state index contributed by atoms with van der Waals surface area (Å²) in [5.74, 6) is 0. The molecule has 9 heavy (non-hydrogen) atoms. The number of rotatable bonds is 5. The summed E-state index contributed by atoms with van der Waals surface area (Å²) >= 11 is 0. The smallest absolute Gasteiger partial charge is 0.0431 e. The summed E-state index contributed by atoms with van der Waals surface area (Å²) in [5, 5.41) is 16.6. The SMILES string of the molecule is OCCCCCCO.[Ca]. The van der Waals surface area contributed by atoms with Crippen molar-refractivity contribution in [2.24, 2.45) is 0 Å². The van der Waals surface area contributed by atoms with Crippen molar-refractivity contribution in [1.29, 1.82) is 0 Å². The van der Waals surface area contributed by atoms with Gasteiger partial charge in [-0.25, -0.2) is 0 Å². The average Bonchev–Trinajstić information content (AvgIpc) is 1.81. The second-order valence-corrected chi connectivity index (χ2v) is 1.86. The minimum atomic E-state index is 0. The van der Waals surface area contributed by atoms with E-state index in [0.29, 0.717) is 0 Å². The molecule has 0 aromatic heterocycles. The Bertz CT molecular complexity index is 36.0. The van der Waals surface area contributed by atoms with Crippen molar-refractivity contribution in [1.82, 2.24) is 0 Å². The van der Waals surface area contributed by atoms with Gasteiger partial charge in [-0.15, -0.1) is 0 Å². The van der Waals surface area contributed by atoms with Crippen molar-refractivity contribution in [2.45, 2.75) is 25.7 Å². The topological polar surface area (TPSA) is 40.5 Å². The summed E-state index contributed by atoms with van der Waals surface area (Å²) in [7, 11) is 0. The molecular formula is C6H14CaO2. The molecule has 0 amide bonds. The van der Waals surface area contributed by atoms with Gasteiger partial charge in [0.05, 0.1) is 0 Å². The van der Waals surface area contributed by atoms with E-state index in [4.69, 9.17) is 10.2 Å². The first-order valence-corrected chi connectivity index (χ1v) is 3.13. The van der Waals surface area contributed by atoms with E-state index in [9.17, 15) is 0 Å². The quantitative estimate of drug-likeness (QED) is 0.442. The summed E-state index contributed by atoms with van der Waals surface area (Å²) in [6, 6.07) is 0. The van der Waals surface area contributed by atoms with Crippen molar-refractivity contribution in [3.63, 3.8) is 0 Å². The van der Waals surface area contributed by atoms with Gasteiger partial charge in [0.15, 0.2) is 0 Å². The van der Waals surface area contributed by atoms with Gasteiger partial charge < -0.3 is 10.2 Å². The molecule has 2 radical (unpaired) electrons. The van der Waals surface area contributed by atoms with Crippen LogP contribution in [0.15, 0.2) is 0 Å². The van der Waals surface area contributed by atoms with Crippen LogP contribution in [0.1, 0.15) is 25.7 Å². The van der Waals surface area contributed by atoms with Crippen LogP contribution in [0.5, 0.6) is 0 Å². The molecule has 0 aliphatic carbocycles. The summed E-state index contributed by atoms with van der Waals surface area (Å²) in [6.45, 7) is 0.566. The van der Waals surface area contributed by atoms with Crippen molar-refractivity contribution >= 4 is 37.7 Å². The Morgan fingerprint density at radius 1 is 0.667 bits per heavy atom. The molecule has 0 atom stereocenters. The minimum Gasteiger partial charge on any atom is -0.396 e. The first-order chi connectivity index (χ1) is 3.91. The molecule has 0 aromatic rings. The van der Waals surface area contributed by atoms with Crippen molar-refractivity contribution in [3.8, 4) is 0 Å². The predicted octanol–water partition coefficient (Wildman–Crippen LogP) is 0.151. The van der Waals surface area contributed by atoms with E-state index >= 15 is 0 Å². The molecule has 0 aliphatic heterocycles. The normalized spacial score (nSPS) is 8.67. The summed E-state index contributed by atoms with van der Waals surface area (Å²) in [6.07, 6.45) is 3.83. The number of aliphatic hydroxyl groups is 2. The predicted molar refractivity (Wildman–Crippen MR) is 38.4 cm³/mol. The molecule has 0 heterocycles. The van der Waals surface area contributed by atoms with Gasteiger partial charge in [-0.2, -0.15) is 0 Å². The van der Waals surface area contributed by atoms with Gasteiger partial charge in [0, 0.05) is 51.0 Å². The molecule has 0 aromatic carbocycles. The number of unbranched alkanes of at least 4 members (excludes halogenated alkanes) is 3. The molecule has 3 heteroatoms. The van der Waals surface area contributed by atoms with Crippen LogP contribution in [-0.4, -0.2) is 61.2 Å².